The molecule has 4 heteroatoms. The second kappa shape index (κ2) is 8.03. The van der Waals surface area contributed by atoms with Crippen molar-refractivity contribution in [2.45, 2.75) is 39.2 Å². The Bertz CT molecular complexity index is 328. The third-order valence-electron chi connectivity index (χ3n) is 2.53. The zero-order valence-electron chi connectivity index (χ0n) is 10.4. The maximum absolute atomic E-state index is 9.15. The molecule has 1 aromatic rings. The van der Waals surface area contributed by atoms with Crippen LogP contribution in [-0.2, 0) is 6.61 Å². The summed E-state index contributed by atoms with van der Waals surface area (Å²) in [5, 5.41) is 17.8. The van der Waals surface area contributed by atoms with Crippen LogP contribution < -0.4 is 4.74 Å². The van der Waals surface area contributed by atoms with Crippen molar-refractivity contribution >= 4 is 0 Å². The van der Waals surface area contributed by atoms with E-state index >= 15 is 0 Å². The van der Waals surface area contributed by atoms with Crippen LogP contribution in [0.2, 0.25) is 0 Å². The Kier molecular flexibility index (Phi) is 6.58. The number of ether oxygens (including phenoxy) is 1. The van der Waals surface area contributed by atoms with Crippen molar-refractivity contribution in [3.05, 3.63) is 23.5 Å². The van der Waals surface area contributed by atoms with Gasteiger partial charge in [-0.2, -0.15) is 0 Å². The van der Waals surface area contributed by atoms with E-state index in [0.717, 1.165) is 31.4 Å². The van der Waals surface area contributed by atoms with E-state index < -0.39 is 0 Å². The first kappa shape index (κ1) is 13.9. The van der Waals surface area contributed by atoms with Gasteiger partial charge in [0.15, 0.2) is 0 Å². The summed E-state index contributed by atoms with van der Waals surface area (Å²) in [5.41, 5.74) is 1.48. The summed E-state index contributed by atoms with van der Waals surface area (Å²) in [6.45, 7) is 2.68. The average molecular weight is 239 g/mol. The van der Waals surface area contributed by atoms with Crippen LogP contribution in [0.15, 0.2) is 12.1 Å². The fourth-order valence-electron chi connectivity index (χ4n) is 1.59. The molecule has 1 heterocycles. The van der Waals surface area contributed by atoms with Crippen molar-refractivity contribution in [1.82, 2.24) is 4.98 Å². The van der Waals surface area contributed by atoms with E-state index in [1.165, 1.54) is 0 Å². The van der Waals surface area contributed by atoms with E-state index in [2.05, 4.69) is 4.98 Å². The van der Waals surface area contributed by atoms with Gasteiger partial charge in [0.1, 0.15) is 11.4 Å². The fourth-order valence-corrected chi connectivity index (χ4v) is 1.59. The number of aromatic nitrogens is 1. The minimum Gasteiger partial charge on any atom is -0.492 e. The number of nitrogens with zero attached hydrogens (tertiary/aromatic N) is 1. The lowest BCUT2D eigenvalue weighted by atomic mass is 10.2. The summed E-state index contributed by atoms with van der Waals surface area (Å²) < 4.78 is 5.58. The molecule has 0 aliphatic carbocycles. The molecule has 2 N–H and O–H groups in total. The maximum Gasteiger partial charge on any atom is 0.143 e. The van der Waals surface area contributed by atoms with Gasteiger partial charge in [0, 0.05) is 12.3 Å². The van der Waals surface area contributed by atoms with Gasteiger partial charge in [-0.1, -0.05) is 6.42 Å². The Balaban J connectivity index is 2.31. The van der Waals surface area contributed by atoms with Gasteiger partial charge in [-0.3, -0.25) is 4.98 Å². The molecule has 0 bridgehead atoms. The molecule has 0 radical (unpaired) electrons. The number of aryl methyl sites for hydroxylation is 1. The first-order valence-electron chi connectivity index (χ1n) is 6.09. The molecule has 1 rings (SSSR count). The SMILES string of the molecule is Cc1ccc(OCCCCCCO)c(CO)n1. The van der Waals surface area contributed by atoms with Gasteiger partial charge < -0.3 is 14.9 Å². The van der Waals surface area contributed by atoms with Gasteiger partial charge in [-0.25, -0.2) is 0 Å². The molecule has 0 fully saturated rings. The summed E-state index contributed by atoms with van der Waals surface area (Å²) in [4.78, 5) is 4.21. The first-order valence-corrected chi connectivity index (χ1v) is 6.09. The van der Waals surface area contributed by atoms with E-state index in [1.54, 1.807) is 0 Å². The Morgan fingerprint density at radius 1 is 1.12 bits per heavy atom. The minimum absolute atomic E-state index is 0.0957. The number of unbranched alkanes of at least 4 members (excludes halogenated alkanes) is 3. The number of aliphatic hydroxyl groups excluding tert-OH is 2. The summed E-state index contributed by atoms with van der Waals surface area (Å²) in [6.07, 6.45) is 3.89. The molecule has 96 valence electrons. The van der Waals surface area contributed by atoms with E-state index in [1.807, 2.05) is 19.1 Å². The van der Waals surface area contributed by atoms with Gasteiger partial charge in [-0.05, 0) is 38.3 Å². The van der Waals surface area contributed by atoms with Crippen molar-refractivity contribution in [3.8, 4) is 5.75 Å². The minimum atomic E-state index is -0.0957. The number of hydrogen-bond acceptors (Lipinski definition) is 4. The second-order valence-corrected chi connectivity index (χ2v) is 4.04. The first-order chi connectivity index (χ1) is 8.27. The maximum atomic E-state index is 9.15. The molecule has 0 saturated heterocycles. The highest BCUT2D eigenvalue weighted by atomic mass is 16.5. The highest BCUT2D eigenvalue weighted by molar-refractivity contribution is 5.28. The van der Waals surface area contributed by atoms with Crippen molar-refractivity contribution in [3.63, 3.8) is 0 Å². The number of pyridine rings is 1. The van der Waals surface area contributed by atoms with Crippen molar-refractivity contribution in [2.24, 2.45) is 0 Å². The van der Waals surface area contributed by atoms with E-state index in [9.17, 15) is 0 Å². The topological polar surface area (TPSA) is 62.6 Å². The zero-order valence-corrected chi connectivity index (χ0v) is 10.4. The van der Waals surface area contributed by atoms with Crippen molar-refractivity contribution < 1.29 is 14.9 Å². The van der Waals surface area contributed by atoms with Gasteiger partial charge in [0.2, 0.25) is 0 Å². The quantitative estimate of drug-likeness (QED) is 0.679. The van der Waals surface area contributed by atoms with Gasteiger partial charge in [0.25, 0.3) is 0 Å². The Labute approximate surface area is 102 Å². The largest absolute Gasteiger partial charge is 0.492 e. The predicted octanol–water partition coefficient (Wildman–Crippen LogP) is 1.81. The van der Waals surface area contributed by atoms with Gasteiger partial charge in [0.05, 0.1) is 13.2 Å². The third kappa shape index (κ3) is 5.15. The zero-order chi connectivity index (χ0) is 12.5. The number of hydrogen-bond donors (Lipinski definition) is 2. The molecule has 0 aliphatic rings. The summed E-state index contributed by atoms with van der Waals surface area (Å²) >= 11 is 0. The third-order valence-corrected chi connectivity index (χ3v) is 2.53. The summed E-state index contributed by atoms with van der Waals surface area (Å²) in [6, 6.07) is 3.72. The van der Waals surface area contributed by atoms with Crippen LogP contribution in [0.25, 0.3) is 0 Å². The van der Waals surface area contributed by atoms with Crippen LogP contribution in [0.4, 0.5) is 0 Å². The fraction of sp³-hybridized carbons (Fsp3) is 0.615. The lowest BCUT2D eigenvalue weighted by molar-refractivity contribution is 0.251. The van der Waals surface area contributed by atoms with E-state index in [4.69, 9.17) is 14.9 Å². The predicted molar refractivity (Wildman–Crippen MR) is 65.9 cm³/mol. The van der Waals surface area contributed by atoms with E-state index in [0.29, 0.717) is 18.1 Å². The molecule has 0 atom stereocenters. The van der Waals surface area contributed by atoms with Crippen LogP contribution in [0.1, 0.15) is 37.1 Å². The molecule has 0 unspecified atom stereocenters. The van der Waals surface area contributed by atoms with Crippen LogP contribution in [-0.4, -0.2) is 28.4 Å². The Morgan fingerprint density at radius 2 is 1.88 bits per heavy atom. The highest BCUT2D eigenvalue weighted by Gasteiger charge is 2.04. The molecule has 0 aromatic carbocycles. The van der Waals surface area contributed by atoms with Crippen LogP contribution in [0, 0.1) is 6.92 Å². The van der Waals surface area contributed by atoms with Crippen LogP contribution in [0.5, 0.6) is 5.75 Å². The normalized spacial score (nSPS) is 10.5. The molecule has 4 nitrogen and oxygen atoms in total. The molecule has 17 heavy (non-hydrogen) atoms. The average Bonchev–Trinajstić information content (AvgIpc) is 2.35. The van der Waals surface area contributed by atoms with E-state index in [-0.39, 0.29) is 13.2 Å². The number of aliphatic hydroxyl groups is 2. The molecular formula is C13H21NO3. The molecular weight excluding hydrogens is 218 g/mol. The molecule has 0 spiro atoms. The highest BCUT2D eigenvalue weighted by Crippen LogP contribution is 2.17. The molecule has 0 saturated carbocycles. The molecule has 1 aromatic heterocycles. The Morgan fingerprint density at radius 3 is 2.59 bits per heavy atom. The van der Waals surface area contributed by atoms with Gasteiger partial charge >= 0.3 is 0 Å². The lowest BCUT2D eigenvalue weighted by Gasteiger charge is -2.09. The van der Waals surface area contributed by atoms with Crippen LogP contribution >= 0.6 is 0 Å². The number of rotatable bonds is 8. The van der Waals surface area contributed by atoms with Gasteiger partial charge in [-0.15, -0.1) is 0 Å². The lowest BCUT2D eigenvalue weighted by Crippen LogP contribution is -2.03. The molecule has 0 amide bonds. The monoisotopic (exact) mass is 239 g/mol. The second-order valence-electron chi connectivity index (χ2n) is 4.04. The standard InChI is InChI=1S/C13H21NO3/c1-11-6-7-13(12(10-16)14-11)17-9-5-3-2-4-8-15/h6-7,15-16H,2-5,8-10H2,1H3. The van der Waals surface area contributed by atoms with Crippen LogP contribution in [0.3, 0.4) is 0 Å². The smallest absolute Gasteiger partial charge is 0.143 e. The molecule has 0 aliphatic heterocycles. The Hall–Kier alpha value is -1.13. The van der Waals surface area contributed by atoms with Crippen molar-refractivity contribution in [1.29, 1.82) is 0 Å². The summed E-state index contributed by atoms with van der Waals surface area (Å²) in [5.74, 6) is 0.667. The van der Waals surface area contributed by atoms with Crippen molar-refractivity contribution in [2.75, 3.05) is 13.2 Å². The summed E-state index contributed by atoms with van der Waals surface area (Å²) in [7, 11) is 0.